The van der Waals surface area contributed by atoms with Gasteiger partial charge in [-0.15, -0.1) is 0 Å². The van der Waals surface area contributed by atoms with E-state index in [1.165, 1.54) is 7.11 Å². The van der Waals surface area contributed by atoms with Crippen molar-refractivity contribution in [2.75, 3.05) is 25.1 Å². The van der Waals surface area contributed by atoms with Gasteiger partial charge in [-0.1, -0.05) is 13.3 Å². The van der Waals surface area contributed by atoms with Gasteiger partial charge in [0, 0.05) is 43.1 Å². The Kier molecular flexibility index (Phi) is 7.14. The molecular formula is C28H38N4O5. The maximum absolute atomic E-state index is 12.6. The SMILES string of the molecule is COC(=O)N1c2ccc3c(nc([C@@H](C)CN4CCCCC4=O)n3[C@@H]3CCC[C@H](C(=O)O)C3)c2CC[C@@H]1C. The van der Waals surface area contributed by atoms with Gasteiger partial charge in [-0.3, -0.25) is 14.5 Å². The molecule has 9 nitrogen and oxygen atoms in total. The zero-order chi connectivity index (χ0) is 26.3. The largest absolute Gasteiger partial charge is 0.481 e. The summed E-state index contributed by atoms with van der Waals surface area (Å²) in [6.07, 6.45) is 6.85. The van der Waals surface area contributed by atoms with Crippen LogP contribution in [0.2, 0.25) is 0 Å². The molecule has 200 valence electrons. The van der Waals surface area contributed by atoms with Crippen molar-refractivity contribution in [2.24, 2.45) is 5.92 Å². The van der Waals surface area contributed by atoms with Gasteiger partial charge >= 0.3 is 12.1 Å². The topological polar surface area (TPSA) is 105 Å². The molecule has 1 aromatic heterocycles. The number of nitrogens with zero attached hydrogens (tertiary/aromatic N) is 4. The molecule has 0 bridgehead atoms. The van der Waals surface area contributed by atoms with Gasteiger partial charge in [-0.25, -0.2) is 9.78 Å². The summed E-state index contributed by atoms with van der Waals surface area (Å²) in [5.74, 6) is -0.000854. The zero-order valence-electron chi connectivity index (χ0n) is 22.1. The van der Waals surface area contributed by atoms with Crippen LogP contribution in [0, 0.1) is 5.92 Å². The maximum Gasteiger partial charge on any atom is 0.414 e. The number of imidazole rings is 1. The van der Waals surface area contributed by atoms with E-state index >= 15 is 0 Å². The lowest BCUT2D eigenvalue weighted by Crippen LogP contribution is -2.42. The number of piperidine rings is 1. The Morgan fingerprint density at radius 2 is 1.97 bits per heavy atom. The summed E-state index contributed by atoms with van der Waals surface area (Å²) in [6, 6.07) is 4.08. The van der Waals surface area contributed by atoms with E-state index in [9.17, 15) is 19.5 Å². The number of hydrogen-bond donors (Lipinski definition) is 1. The molecular weight excluding hydrogens is 472 g/mol. The van der Waals surface area contributed by atoms with Crippen molar-refractivity contribution < 1.29 is 24.2 Å². The molecule has 2 aromatic rings. The van der Waals surface area contributed by atoms with Gasteiger partial charge in [0.15, 0.2) is 0 Å². The Labute approximate surface area is 217 Å². The third kappa shape index (κ3) is 4.68. The quantitative estimate of drug-likeness (QED) is 0.615. The third-order valence-corrected chi connectivity index (χ3v) is 8.57. The van der Waals surface area contributed by atoms with E-state index < -0.39 is 5.97 Å². The predicted molar refractivity (Wildman–Crippen MR) is 140 cm³/mol. The molecule has 0 unspecified atom stereocenters. The van der Waals surface area contributed by atoms with Gasteiger partial charge in [0.05, 0.1) is 29.7 Å². The second-order valence-corrected chi connectivity index (χ2v) is 11.1. The minimum absolute atomic E-state index is 0.00507. The number of likely N-dealkylation sites (tertiary alicyclic amines) is 1. The van der Waals surface area contributed by atoms with Crippen LogP contribution in [-0.2, 0) is 20.7 Å². The number of aromatic nitrogens is 2. The molecule has 1 saturated heterocycles. The highest BCUT2D eigenvalue weighted by atomic mass is 16.5. The number of anilines is 1. The van der Waals surface area contributed by atoms with Gasteiger partial charge in [-0.05, 0) is 64.0 Å². The van der Waals surface area contributed by atoms with E-state index in [0.717, 1.165) is 73.2 Å². The van der Waals surface area contributed by atoms with Crippen molar-refractivity contribution in [2.45, 2.75) is 89.6 Å². The Balaban J connectivity index is 1.61. The van der Waals surface area contributed by atoms with E-state index in [2.05, 4.69) is 11.5 Å². The van der Waals surface area contributed by atoms with Crippen LogP contribution in [0.1, 0.15) is 88.6 Å². The Morgan fingerprint density at radius 1 is 1.16 bits per heavy atom. The maximum atomic E-state index is 12.6. The van der Waals surface area contributed by atoms with Crippen molar-refractivity contribution in [3.05, 3.63) is 23.5 Å². The Bertz CT molecular complexity index is 1210. The average molecular weight is 511 g/mol. The molecule has 1 aliphatic carbocycles. The van der Waals surface area contributed by atoms with Gasteiger partial charge in [-0.2, -0.15) is 0 Å². The second kappa shape index (κ2) is 10.3. The van der Waals surface area contributed by atoms with Crippen molar-refractivity contribution in [3.63, 3.8) is 0 Å². The minimum Gasteiger partial charge on any atom is -0.481 e. The lowest BCUT2D eigenvalue weighted by molar-refractivity contribution is -0.143. The van der Waals surface area contributed by atoms with Crippen molar-refractivity contribution >= 4 is 34.7 Å². The van der Waals surface area contributed by atoms with Gasteiger partial charge in [0.2, 0.25) is 5.91 Å². The first kappa shape index (κ1) is 25.5. The number of fused-ring (bicyclic) bond motifs is 3. The van der Waals surface area contributed by atoms with Crippen LogP contribution in [0.4, 0.5) is 10.5 Å². The summed E-state index contributed by atoms with van der Waals surface area (Å²) in [5.41, 5.74) is 3.73. The summed E-state index contributed by atoms with van der Waals surface area (Å²) in [6.45, 7) is 5.52. The molecule has 0 radical (unpaired) electrons. The predicted octanol–water partition coefficient (Wildman–Crippen LogP) is 4.88. The van der Waals surface area contributed by atoms with E-state index in [-0.39, 0.29) is 35.9 Å². The number of ether oxygens (including phenoxy) is 1. The fourth-order valence-corrected chi connectivity index (χ4v) is 6.61. The highest BCUT2D eigenvalue weighted by Gasteiger charge is 2.35. The van der Waals surface area contributed by atoms with E-state index in [1.54, 1.807) is 4.90 Å². The number of aryl methyl sites for hydroxylation is 1. The molecule has 1 aromatic carbocycles. The van der Waals surface area contributed by atoms with Crippen LogP contribution in [0.15, 0.2) is 12.1 Å². The summed E-state index contributed by atoms with van der Waals surface area (Å²) in [5, 5.41) is 9.76. The van der Waals surface area contributed by atoms with Crippen LogP contribution in [-0.4, -0.2) is 63.8 Å². The number of aliphatic carboxylic acids is 1. The van der Waals surface area contributed by atoms with Crippen LogP contribution in [0.3, 0.4) is 0 Å². The normalized spacial score (nSPS) is 25.2. The summed E-state index contributed by atoms with van der Waals surface area (Å²) in [4.78, 5) is 46.0. The third-order valence-electron chi connectivity index (χ3n) is 8.57. The fourth-order valence-electron chi connectivity index (χ4n) is 6.61. The second-order valence-electron chi connectivity index (χ2n) is 11.1. The first-order valence-electron chi connectivity index (χ1n) is 13.7. The molecule has 3 heterocycles. The van der Waals surface area contributed by atoms with E-state index in [1.807, 2.05) is 24.0 Å². The average Bonchev–Trinajstić information content (AvgIpc) is 3.29. The van der Waals surface area contributed by atoms with Gasteiger partial charge in [0.25, 0.3) is 0 Å². The van der Waals surface area contributed by atoms with Gasteiger partial charge < -0.3 is 19.3 Å². The van der Waals surface area contributed by atoms with Crippen molar-refractivity contribution in [3.8, 4) is 0 Å². The Hall–Kier alpha value is -3.10. The minimum atomic E-state index is -0.734. The number of carbonyl (C=O) groups is 3. The van der Waals surface area contributed by atoms with Crippen molar-refractivity contribution in [1.82, 2.24) is 14.5 Å². The molecule has 0 spiro atoms. The molecule has 5 rings (SSSR count). The number of methoxy groups -OCH3 is 1. The number of rotatable bonds is 5. The smallest absolute Gasteiger partial charge is 0.414 e. The molecule has 2 amide bonds. The number of benzene rings is 1. The summed E-state index contributed by atoms with van der Waals surface area (Å²) < 4.78 is 7.36. The lowest BCUT2D eigenvalue weighted by Gasteiger charge is -2.34. The number of hydrogen-bond acceptors (Lipinski definition) is 5. The van der Waals surface area contributed by atoms with Crippen LogP contribution >= 0.6 is 0 Å². The van der Waals surface area contributed by atoms with Crippen molar-refractivity contribution in [1.29, 1.82) is 0 Å². The molecule has 4 atom stereocenters. The molecule has 2 aliphatic heterocycles. The van der Waals surface area contributed by atoms with E-state index in [0.29, 0.717) is 25.8 Å². The fraction of sp³-hybridized carbons (Fsp3) is 0.643. The standard InChI is InChI=1S/C28H38N4O5/c1-17(16-30-14-5-4-9-24(30)33)26-29-25-21-11-10-18(2)31(28(36)37-3)22(21)12-13-23(25)32(26)20-8-6-7-19(15-20)27(34)35/h12-13,17-20H,4-11,14-16H2,1-3H3,(H,34,35)/t17-,18-,19-,20+/m0/s1. The first-order valence-corrected chi connectivity index (χ1v) is 13.7. The molecule has 1 saturated carbocycles. The highest BCUT2D eigenvalue weighted by Crippen LogP contribution is 2.41. The van der Waals surface area contributed by atoms with Crippen LogP contribution in [0.25, 0.3) is 11.0 Å². The molecule has 9 heteroatoms. The molecule has 2 fully saturated rings. The first-order chi connectivity index (χ1) is 17.8. The summed E-state index contributed by atoms with van der Waals surface area (Å²) in [7, 11) is 1.40. The number of carboxylic acid groups (broad SMARTS) is 1. The molecule has 37 heavy (non-hydrogen) atoms. The van der Waals surface area contributed by atoms with E-state index in [4.69, 9.17) is 9.72 Å². The number of carbonyl (C=O) groups excluding carboxylic acids is 2. The number of carboxylic acids is 1. The van der Waals surface area contributed by atoms with Gasteiger partial charge in [0.1, 0.15) is 5.82 Å². The highest BCUT2D eigenvalue weighted by molar-refractivity contribution is 5.95. The van der Waals surface area contributed by atoms with Crippen LogP contribution < -0.4 is 4.90 Å². The zero-order valence-corrected chi connectivity index (χ0v) is 22.1. The number of amides is 2. The monoisotopic (exact) mass is 510 g/mol. The Morgan fingerprint density at radius 3 is 2.70 bits per heavy atom. The lowest BCUT2D eigenvalue weighted by atomic mass is 9.85. The molecule has 3 aliphatic rings. The summed E-state index contributed by atoms with van der Waals surface area (Å²) >= 11 is 0. The van der Waals surface area contributed by atoms with Crippen LogP contribution in [0.5, 0.6) is 0 Å². The molecule has 1 N–H and O–H groups in total.